The summed E-state index contributed by atoms with van der Waals surface area (Å²) in [5, 5.41) is 3.35. The number of rotatable bonds is 2. The van der Waals surface area contributed by atoms with Crippen LogP contribution in [0.15, 0.2) is 12.1 Å². The minimum Gasteiger partial charge on any atom is -0.369 e. The van der Waals surface area contributed by atoms with Crippen LogP contribution in [0.1, 0.15) is 43.0 Å². The van der Waals surface area contributed by atoms with Gasteiger partial charge in [-0.15, -0.1) is 0 Å². The molecule has 0 radical (unpaired) electrons. The van der Waals surface area contributed by atoms with Gasteiger partial charge in [-0.2, -0.15) is 0 Å². The molecule has 1 aliphatic heterocycles. The fraction of sp³-hybridized carbons (Fsp3) is 0.562. The van der Waals surface area contributed by atoms with Gasteiger partial charge >= 0.3 is 0 Å². The number of amides is 1. The molecular formula is C16H23FN2O. The molecule has 3 N–H and O–H groups in total. The van der Waals surface area contributed by atoms with Crippen LogP contribution in [0.25, 0.3) is 0 Å². The Labute approximate surface area is 119 Å². The van der Waals surface area contributed by atoms with Crippen LogP contribution in [0.4, 0.5) is 4.39 Å². The van der Waals surface area contributed by atoms with E-state index in [0.29, 0.717) is 5.56 Å². The summed E-state index contributed by atoms with van der Waals surface area (Å²) in [6.07, 6.45) is 0.872. The SMILES string of the molecule is Cc1cc(C)c(C2NC(C)CC(C)C2C(N)=O)c(F)c1. The number of piperidine rings is 1. The van der Waals surface area contributed by atoms with E-state index in [0.717, 1.165) is 17.5 Å². The van der Waals surface area contributed by atoms with Crippen LogP contribution >= 0.6 is 0 Å². The number of aryl methyl sites for hydroxylation is 2. The van der Waals surface area contributed by atoms with Gasteiger partial charge in [-0.3, -0.25) is 4.79 Å². The predicted octanol–water partition coefficient (Wildman–Crippen LogP) is 2.60. The van der Waals surface area contributed by atoms with E-state index >= 15 is 0 Å². The number of nitrogens with one attached hydrogen (secondary N) is 1. The molecule has 4 unspecified atom stereocenters. The van der Waals surface area contributed by atoms with Crippen LogP contribution in [0.2, 0.25) is 0 Å². The summed E-state index contributed by atoms with van der Waals surface area (Å²) < 4.78 is 14.4. The van der Waals surface area contributed by atoms with Crippen molar-refractivity contribution in [1.82, 2.24) is 5.32 Å². The number of hydrogen-bond acceptors (Lipinski definition) is 2. The van der Waals surface area contributed by atoms with Crippen LogP contribution in [0.5, 0.6) is 0 Å². The molecule has 0 aromatic heterocycles. The molecule has 1 saturated heterocycles. The van der Waals surface area contributed by atoms with Crippen LogP contribution in [-0.4, -0.2) is 11.9 Å². The van der Waals surface area contributed by atoms with Gasteiger partial charge in [0.2, 0.25) is 5.91 Å². The summed E-state index contributed by atoms with van der Waals surface area (Å²) in [5.74, 6) is -0.843. The van der Waals surface area contributed by atoms with Gasteiger partial charge in [0, 0.05) is 17.6 Å². The standard InChI is InChI=1S/C16H23FN2O/c1-8-5-9(2)13(12(17)6-8)15-14(16(18)20)10(3)7-11(4)19-15/h5-6,10-11,14-15,19H,7H2,1-4H3,(H2,18,20). The molecule has 0 spiro atoms. The molecule has 4 atom stereocenters. The highest BCUT2D eigenvalue weighted by Crippen LogP contribution is 2.38. The maximum Gasteiger partial charge on any atom is 0.222 e. The van der Waals surface area contributed by atoms with Crippen molar-refractivity contribution in [3.63, 3.8) is 0 Å². The molecule has 1 aromatic rings. The molecule has 0 bridgehead atoms. The lowest BCUT2D eigenvalue weighted by Crippen LogP contribution is -2.49. The molecular weight excluding hydrogens is 255 g/mol. The van der Waals surface area contributed by atoms with Gasteiger partial charge in [-0.05, 0) is 50.3 Å². The topological polar surface area (TPSA) is 55.1 Å². The van der Waals surface area contributed by atoms with E-state index in [1.54, 1.807) is 0 Å². The first-order valence-corrected chi connectivity index (χ1v) is 7.13. The maximum atomic E-state index is 14.4. The van der Waals surface area contributed by atoms with Crippen LogP contribution in [-0.2, 0) is 4.79 Å². The Morgan fingerprint density at radius 1 is 1.35 bits per heavy atom. The van der Waals surface area contributed by atoms with Crippen molar-refractivity contribution in [2.24, 2.45) is 17.6 Å². The zero-order valence-electron chi connectivity index (χ0n) is 12.5. The second-order valence-electron chi connectivity index (χ2n) is 6.16. The highest BCUT2D eigenvalue weighted by atomic mass is 19.1. The van der Waals surface area contributed by atoms with Crippen molar-refractivity contribution in [1.29, 1.82) is 0 Å². The van der Waals surface area contributed by atoms with E-state index in [1.165, 1.54) is 6.07 Å². The van der Waals surface area contributed by atoms with Gasteiger partial charge < -0.3 is 11.1 Å². The van der Waals surface area contributed by atoms with Gasteiger partial charge in [0.15, 0.2) is 0 Å². The lowest BCUT2D eigenvalue weighted by atomic mass is 9.75. The summed E-state index contributed by atoms with van der Waals surface area (Å²) >= 11 is 0. The summed E-state index contributed by atoms with van der Waals surface area (Å²) in [6, 6.07) is 3.37. The monoisotopic (exact) mass is 278 g/mol. The normalized spacial score (nSPS) is 30.2. The number of hydrogen-bond donors (Lipinski definition) is 2. The number of primary amides is 1. The molecule has 20 heavy (non-hydrogen) atoms. The molecule has 0 aliphatic carbocycles. The molecule has 1 aliphatic rings. The Morgan fingerprint density at radius 2 is 2.00 bits per heavy atom. The zero-order valence-corrected chi connectivity index (χ0v) is 12.5. The van der Waals surface area contributed by atoms with Crippen molar-refractivity contribution in [2.75, 3.05) is 0 Å². The van der Waals surface area contributed by atoms with Gasteiger partial charge in [0.05, 0.1) is 5.92 Å². The Balaban J connectivity index is 2.50. The third-order valence-electron chi connectivity index (χ3n) is 4.28. The molecule has 3 nitrogen and oxygen atoms in total. The summed E-state index contributed by atoms with van der Waals surface area (Å²) in [7, 11) is 0. The molecule has 4 heteroatoms. The van der Waals surface area contributed by atoms with E-state index in [4.69, 9.17) is 5.73 Å². The van der Waals surface area contributed by atoms with Gasteiger partial charge in [0.1, 0.15) is 5.82 Å². The maximum absolute atomic E-state index is 14.4. The number of nitrogens with two attached hydrogens (primary N) is 1. The Hall–Kier alpha value is -1.42. The Bertz CT molecular complexity index is 506. The smallest absolute Gasteiger partial charge is 0.222 e. The highest BCUT2D eigenvalue weighted by Gasteiger charge is 2.39. The molecule has 110 valence electrons. The minimum absolute atomic E-state index is 0.147. The van der Waals surface area contributed by atoms with Crippen molar-refractivity contribution in [3.8, 4) is 0 Å². The van der Waals surface area contributed by atoms with E-state index in [2.05, 4.69) is 12.2 Å². The summed E-state index contributed by atoms with van der Waals surface area (Å²) in [5.41, 5.74) is 7.89. The molecule has 2 rings (SSSR count). The third-order valence-corrected chi connectivity index (χ3v) is 4.28. The molecule has 1 aromatic carbocycles. The van der Waals surface area contributed by atoms with Crippen molar-refractivity contribution < 1.29 is 9.18 Å². The van der Waals surface area contributed by atoms with Gasteiger partial charge in [0.25, 0.3) is 0 Å². The largest absolute Gasteiger partial charge is 0.369 e. The lowest BCUT2D eigenvalue weighted by molar-refractivity contribution is -0.125. The first kappa shape index (κ1) is 15.0. The number of halogens is 1. The van der Waals surface area contributed by atoms with E-state index < -0.39 is 0 Å². The number of carbonyl (C=O) groups excluding carboxylic acids is 1. The Kier molecular flexibility index (Phi) is 4.14. The second-order valence-corrected chi connectivity index (χ2v) is 6.16. The molecule has 1 amide bonds. The van der Waals surface area contributed by atoms with E-state index in [-0.39, 0.29) is 35.6 Å². The van der Waals surface area contributed by atoms with Crippen molar-refractivity contribution >= 4 is 5.91 Å². The predicted molar refractivity (Wildman–Crippen MR) is 77.7 cm³/mol. The quantitative estimate of drug-likeness (QED) is 0.873. The fourth-order valence-corrected chi connectivity index (χ4v) is 3.54. The fourth-order valence-electron chi connectivity index (χ4n) is 3.54. The molecule has 0 saturated carbocycles. The van der Waals surface area contributed by atoms with Gasteiger partial charge in [-0.25, -0.2) is 4.39 Å². The van der Waals surface area contributed by atoms with Crippen molar-refractivity contribution in [2.45, 2.75) is 46.2 Å². The Morgan fingerprint density at radius 3 is 2.55 bits per heavy atom. The summed E-state index contributed by atoms with van der Waals surface area (Å²) in [6.45, 7) is 7.82. The van der Waals surface area contributed by atoms with Gasteiger partial charge in [-0.1, -0.05) is 13.0 Å². The molecule has 1 heterocycles. The lowest BCUT2D eigenvalue weighted by Gasteiger charge is -2.40. The van der Waals surface area contributed by atoms with Crippen LogP contribution < -0.4 is 11.1 Å². The third kappa shape index (κ3) is 2.70. The average molecular weight is 278 g/mol. The number of carbonyl (C=O) groups is 1. The van der Waals surface area contributed by atoms with E-state index in [9.17, 15) is 9.18 Å². The molecule has 1 fully saturated rings. The number of benzene rings is 1. The first-order chi connectivity index (χ1) is 9.31. The van der Waals surface area contributed by atoms with Crippen LogP contribution in [0, 0.1) is 31.5 Å². The summed E-state index contributed by atoms with van der Waals surface area (Å²) in [4.78, 5) is 11.8. The second kappa shape index (κ2) is 5.52. The first-order valence-electron chi connectivity index (χ1n) is 7.13. The zero-order chi connectivity index (χ0) is 15.0. The minimum atomic E-state index is -0.373. The van der Waals surface area contributed by atoms with E-state index in [1.807, 2.05) is 26.8 Å². The average Bonchev–Trinajstić information content (AvgIpc) is 2.25. The van der Waals surface area contributed by atoms with Crippen molar-refractivity contribution in [3.05, 3.63) is 34.6 Å². The van der Waals surface area contributed by atoms with Crippen LogP contribution in [0.3, 0.4) is 0 Å². The highest BCUT2D eigenvalue weighted by molar-refractivity contribution is 5.78.